The molecular formula is C12H15BrClNO5S. The largest absolute Gasteiger partial charge is 0.492 e. The fourth-order valence-electron chi connectivity index (χ4n) is 1.63. The van der Waals surface area contributed by atoms with Gasteiger partial charge in [-0.15, -0.1) is 0 Å². The molecule has 0 fully saturated rings. The Balaban J connectivity index is 2.30. The zero-order valence-electron chi connectivity index (χ0n) is 11.1. The van der Waals surface area contributed by atoms with Crippen LogP contribution in [0.1, 0.15) is 25.7 Å². The molecule has 0 aliphatic rings. The first-order chi connectivity index (χ1) is 9.79. The van der Waals surface area contributed by atoms with Gasteiger partial charge in [0.1, 0.15) is 5.75 Å². The van der Waals surface area contributed by atoms with Crippen LogP contribution in [0.2, 0.25) is 0 Å². The summed E-state index contributed by atoms with van der Waals surface area (Å²) in [6, 6.07) is 4.33. The molecule has 0 saturated carbocycles. The van der Waals surface area contributed by atoms with Crippen molar-refractivity contribution in [3.05, 3.63) is 32.8 Å². The third-order valence-electron chi connectivity index (χ3n) is 2.67. The second-order valence-electron chi connectivity index (χ2n) is 4.38. The molecule has 1 aromatic rings. The predicted molar refractivity (Wildman–Crippen MR) is 84.4 cm³/mol. The van der Waals surface area contributed by atoms with Crippen LogP contribution in [-0.2, 0) is 9.05 Å². The number of unbranched alkanes of at least 4 members (excludes halogenated alkanes) is 3. The smallest absolute Gasteiger partial charge is 0.273 e. The Morgan fingerprint density at radius 3 is 2.52 bits per heavy atom. The average molecular weight is 401 g/mol. The number of hydrogen-bond donors (Lipinski definition) is 0. The Labute approximate surface area is 136 Å². The molecule has 0 aromatic heterocycles. The van der Waals surface area contributed by atoms with Crippen molar-refractivity contribution in [2.24, 2.45) is 0 Å². The van der Waals surface area contributed by atoms with E-state index in [1.807, 2.05) is 0 Å². The fourth-order valence-corrected chi connectivity index (χ4v) is 2.87. The lowest BCUT2D eigenvalue weighted by atomic mass is 10.2. The van der Waals surface area contributed by atoms with E-state index in [-0.39, 0.29) is 11.4 Å². The quantitative estimate of drug-likeness (QED) is 0.272. The van der Waals surface area contributed by atoms with Crippen LogP contribution in [0.4, 0.5) is 5.69 Å². The van der Waals surface area contributed by atoms with Gasteiger partial charge in [0.05, 0.1) is 27.8 Å². The van der Waals surface area contributed by atoms with E-state index in [2.05, 4.69) is 15.9 Å². The maximum absolute atomic E-state index is 10.7. The second-order valence-corrected chi connectivity index (χ2v) is 8.13. The maximum Gasteiger partial charge on any atom is 0.273 e. The number of halogens is 2. The van der Waals surface area contributed by atoms with Crippen LogP contribution in [0.15, 0.2) is 22.7 Å². The summed E-state index contributed by atoms with van der Waals surface area (Å²) in [5.74, 6) is 0.402. The van der Waals surface area contributed by atoms with Gasteiger partial charge in [-0.25, -0.2) is 8.42 Å². The lowest BCUT2D eigenvalue weighted by Gasteiger charge is -2.07. The van der Waals surface area contributed by atoms with Gasteiger partial charge in [0.2, 0.25) is 9.05 Å². The van der Waals surface area contributed by atoms with Crippen molar-refractivity contribution in [3.8, 4) is 5.75 Å². The van der Waals surface area contributed by atoms with Crippen LogP contribution in [0.25, 0.3) is 0 Å². The zero-order valence-corrected chi connectivity index (χ0v) is 14.3. The molecule has 1 aromatic carbocycles. The Morgan fingerprint density at radius 1 is 1.24 bits per heavy atom. The molecule has 0 saturated heterocycles. The Kier molecular flexibility index (Phi) is 7.41. The van der Waals surface area contributed by atoms with Crippen LogP contribution >= 0.6 is 26.6 Å². The van der Waals surface area contributed by atoms with Gasteiger partial charge in [-0.1, -0.05) is 12.8 Å². The van der Waals surface area contributed by atoms with Crippen molar-refractivity contribution < 1.29 is 18.1 Å². The highest BCUT2D eigenvalue weighted by Crippen LogP contribution is 2.29. The number of hydrogen-bond acceptors (Lipinski definition) is 5. The Hall–Kier alpha value is -0.860. The molecule has 0 radical (unpaired) electrons. The Bertz CT molecular complexity index is 593. The summed E-state index contributed by atoms with van der Waals surface area (Å²) in [4.78, 5) is 10.2. The molecule has 0 N–H and O–H groups in total. The highest BCUT2D eigenvalue weighted by atomic mass is 79.9. The van der Waals surface area contributed by atoms with Gasteiger partial charge in [0, 0.05) is 16.7 Å². The van der Waals surface area contributed by atoms with Crippen LogP contribution < -0.4 is 4.74 Å². The van der Waals surface area contributed by atoms with E-state index in [0.717, 1.165) is 19.3 Å². The van der Waals surface area contributed by atoms with E-state index >= 15 is 0 Å². The molecule has 21 heavy (non-hydrogen) atoms. The molecule has 0 heterocycles. The first kappa shape index (κ1) is 18.2. The summed E-state index contributed by atoms with van der Waals surface area (Å²) in [5.41, 5.74) is -0.0273. The Morgan fingerprint density at radius 2 is 1.90 bits per heavy atom. The highest BCUT2D eigenvalue weighted by molar-refractivity contribution is 9.10. The van der Waals surface area contributed by atoms with Crippen molar-refractivity contribution in [2.75, 3.05) is 12.4 Å². The van der Waals surface area contributed by atoms with E-state index in [1.165, 1.54) is 12.1 Å². The van der Waals surface area contributed by atoms with Crippen molar-refractivity contribution in [3.63, 3.8) is 0 Å². The summed E-state index contributed by atoms with van der Waals surface area (Å²) in [6.45, 7) is 0.410. The van der Waals surface area contributed by atoms with E-state index in [1.54, 1.807) is 6.07 Å². The van der Waals surface area contributed by atoms with Gasteiger partial charge in [-0.2, -0.15) is 0 Å². The number of nitro benzene ring substituents is 1. The molecule has 1 rings (SSSR count). The van der Waals surface area contributed by atoms with Crippen molar-refractivity contribution >= 4 is 41.4 Å². The van der Waals surface area contributed by atoms with E-state index in [0.29, 0.717) is 23.2 Å². The number of non-ortho nitro benzene ring substituents is 1. The minimum atomic E-state index is -3.41. The van der Waals surface area contributed by atoms with Gasteiger partial charge in [-0.05, 0) is 34.8 Å². The van der Waals surface area contributed by atoms with Gasteiger partial charge in [0.15, 0.2) is 0 Å². The minimum absolute atomic E-state index is 0.0220. The van der Waals surface area contributed by atoms with Crippen LogP contribution in [0, 0.1) is 10.1 Å². The molecule has 0 amide bonds. The summed E-state index contributed by atoms with van der Waals surface area (Å²) >= 11 is 3.27. The minimum Gasteiger partial charge on any atom is -0.492 e. The number of nitro groups is 1. The monoisotopic (exact) mass is 399 g/mol. The average Bonchev–Trinajstić information content (AvgIpc) is 2.38. The second kappa shape index (κ2) is 8.55. The third kappa shape index (κ3) is 7.63. The molecule has 0 aliphatic heterocycles. The van der Waals surface area contributed by atoms with Crippen LogP contribution in [0.3, 0.4) is 0 Å². The molecular weight excluding hydrogens is 386 g/mol. The summed E-state index contributed by atoms with van der Waals surface area (Å²) < 4.78 is 27.6. The lowest BCUT2D eigenvalue weighted by molar-refractivity contribution is -0.385. The molecule has 0 aliphatic carbocycles. The van der Waals surface area contributed by atoms with Gasteiger partial charge < -0.3 is 4.74 Å². The third-order valence-corrected chi connectivity index (χ3v) is 4.56. The summed E-state index contributed by atoms with van der Waals surface area (Å²) in [5, 5.41) is 10.7. The maximum atomic E-state index is 10.7. The zero-order chi connectivity index (χ0) is 15.9. The number of benzene rings is 1. The molecule has 118 valence electrons. The first-order valence-electron chi connectivity index (χ1n) is 6.28. The topological polar surface area (TPSA) is 86.5 Å². The van der Waals surface area contributed by atoms with Crippen LogP contribution in [-0.4, -0.2) is 25.7 Å². The number of ether oxygens (including phenoxy) is 1. The molecule has 0 unspecified atom stereocenters. The number of rotatable bonds is 9. The van der Waals surface area contributed by atoms with Crippen molar-refractivity contribution in [1.29, 1.82) is 0 Å². The molecule has 0 bridgehead atoms. The van der Waals surface area contributed by atoms with Crippen LogP contribution in [0.5, 0.6) is 5.75 Å². The van der Waals surface area contributed by atoms with E-state index in [4.69, 9.17) is 15.4 Å². The summed E-state index contributed by atoms with van der Waals surface area (Å²) in [7, 11) is 1.69. The highest BCUT2D eigenvalue weighted by Gasteiger charge is 2.10. The standard InChI is InChI=1S/C12H15BrClNO5S/c13-11-6-5-10(15(16)17)9-12(11)20-7-3-1-2-4-8-21(14,18)19/h5-6,9H,1-4,7-8H2. The SMILES string of the molecule is O=[N+]([O-])c1ccc(Br)c(OCCCCCCS(=O)(=O)Cl)c1. The van der Waals surface area contributed by atoms with Gasteiger partial charge in [0.25, 0.3) is 5.69 Å². The fraction of sp³-hybridized carbons (Fsp3) is 0.500. The van der Waals surface area contributed by atoms with Crippen molar-refractivity contribution in [2.45, 2.75) is 25.7 Å². The molecule has 6 nitrogen and oxygen atoms in total. The van der Waals surface area contributed by atoms with Gasteiger partial charge in [-0.3, -0.25) is 10.1 Å². The van der Waals surface area contributed by atoms with E-state index < -0.39 is 14.0 Å². The van der Waals surface area contributed by atoms with Gasteiger partial charge >= 0.3 is 0 Å². The van der Waals surface area contributed by atoms with Crippen molar-refractivity contribution in [1.82, 2.24) is 0 Å². The predicted octanol–water partition coefficient (Wildman–Crippen LogP) is 3.87. The van der Waals surface area contributed by atoms with E-state index in [9.17, 15) is 18.5 Å². The summed E-state index contributed by atoms with van der Waals surface area (Å²) in [6.07, 6.45) is 2.80. The molecule has 9 heteroatoms. The first-order valence-corrected chi connectivity index (χ1v) is 9.56. The normalized spacial score (nSPS) is 11.3. The lowest BCUT2D eigenvalue weighted by Crippen LogP contribution is -2.00. The number of nitrogens with zero attached hydrogens (tertiary/aromatic N) is 1. The molecule has 0 spiro atoms. The molecule has 0 atom stereocenters.